The predicted molar refractivity (Wildman–Crippen MR) is 58.2 cm³/mol. The minimum absolute atomic E-state index is 0.501. The maximum atomic E-state index is 11.2. The van der Waals surface area contributed by atoms with Gasteiger partial charge >= 0.3 is 0 Å². The molecular weight excluding hydrogens is 172 g/mol. The zero-order valence-corrected chi connectivity index (χ0v) is 9.35. The lowest BCUT2D eigenvalue weighted by atomic mass is 9.63. The average Bonchev–Trinajstić information content (AvgIpc) is 2.19. The second-order valence-electron chi connectivity index (χ2n) is 5.53. The van der Waals surface area contributed by atoms with Crippen molar-refractivity contribution in [1.29, 1.82) is 0 Å². The second-order valence-corrected chi connectivity index (χ2v) is 5.53. The van der Waals surface area contributed by atoms with E-state index in [4.69, 9.17) is 0 Å². The van der Waals surface area contributed by atoms with Crippen LogP contribution in [0.15, 0.2) is 0 Å². The molecular formula is C13H22O. The molecule has 0 aromatic rings. The molecule has 0 heterocycles. The molecule has 2 aliphatic carbocycles. The van der Waals surface area contributed by atoms with E-state index in [0.29, 0.717) is 11.2 Å². The quantitative estimate of drug-likeness (QED) is 0.622. The summed E-state index contributed by atoms with van der Waals surface area (Å²) in [5.41, 5.74) is 0.582. The third-order valence-electron chi connectivity index (χ3n) is 4.52. The van der Waals surface area contributed by atoms with E-state index in [1.807, 2.05) is 0 Å². The molecule has 0 radical (unpaired) electrons. The van der Waals surface area contributed by atoms with Crippen LogP contribution in [-0.4, -0.2) is 5.78 Å². The monoisotopic (exact) mass is 194 g/mol. The predicted octanol–water partition coefficient (Wildman–Crippen LogP) is 3.72. The lowest BCUT2D eigenvalue weighted by Gasteiger charge is -2.42. The SMILES string of the molecule is CC1(C2CCC(=O)CC2)CCCCC1. The normalized spacial score (nSPS) is 29.1. The third-order valence-corrected chi connectivity index (χ3v) is 4.52. The zero-order valence-electron chi connectivity index (χ0n) is 9.35. The Kier molecular flexibility index (Phi) is 2.94. The van der Waals surface area contributed by atoms with Crippen LogP contribution >= 0.6 is 0 Å². The van der Waals surface area contributed by atoms with Crippen LogP contribution in [0, 0.1) is 11.3 Å². The molecule has 2 saturated carbocycles. The van der Waals surface area contributed by atoms with Gasteiger partial charge in [-0.2, -0.15) is 0 Å². The van der Waals surface area contributed by atoms with Gasteiger partial charge in [-0.25, -0.2) is 0 Å². The van der Waals surface area contributed by atoms with E-state index < -0.39 is 0 Å². The van der Waals surface area contributed by atoms with Gasteiger partial charge in [0.15, 0.2) is 0 Å². The van der Waals surface area contributed by atoms with Crippen molar-refractivity contribution in [2.45, 2.75) is 64.7 Å². The van der Waals surface area contributed by atoms with Gasteiger partial charge in [0.25, 0.3) is 0 Å². The van der Waals surface area contributed by atoms with Crippen molar-refractivity contribution in [2.75, 3.05) is 0 Å². The van der Waals surface area contributed by atoms with E-state index in [2.05, 4.69) is 6.92 Å². The number of rotatable bonds is 1. The number of hydrogen-bond acceptors (Lipinski definition) is 1. The van der Waals surface area contributed by atoms with Gasteiger partial charge in [0.05, 0.1) is 0 Å². The van der Waals surface area contributed by atoms with Gasteiger partial charge in [0.1, 0.15) is 5.78 Å². The lowest BCUT2D eigenvalue weighted by Crippen LogP contribution is -2.32. The van der Waals surface area contributed by atoms with Gasteiger partial charge in [-0.15, -0.1) is 0 Å². The number of carbonyl (C=O) groups is 1. The molecule has 1 nitrogen and oxygen atoms in total. The lowest BCUT2D eigenvalue weighted by molar-refractivity contribution is -0.122. The number of carbonyl (C=O) groups excluding carboxylic acids is 1. The van der Waals surface area contributed by atoms with Crippen molar-refractivity contribution in [3.05, 3.63) is 0 Å². The largest absolute Gasteiger partial charge is 0.300 e. The molecule has 0 unspecified atom stereocenters. The molecule has 0 atom stereocenters. The highest BCUT2D eigenvalue weighted by molar-refractivity contribution is 5.79. The molecule has 80 valence electrons. The highest BCUT2D eigenvalue weighted by Crippen LogP contribution is 2.47. The van der Waals surface area contributed by atoms with Crippen LogP contribution in [0.5, 0.6) is 0 Å². The Morgan fingerprint density at radius 3 is 2.21 bits per heavy atom. The van der Waals surface area contributed by atoms with Crippen LogP contribution in [0.2, 0.25) is 0 Å². The molecule has 2 aliphatic rings. The maximum Gasteiger partial charge on any atom is 0.132 e. The Balaban J connectivity index is 1.95. The average molecular weight is 194 g/mol. The molecule has 2 rings (SSSR count). The Hall–Kier alpha value is -0.330. The van der Waals surface area contributed by atoms with E-state index >= 15 is 0 Å². The van der Waals surface area contributed by atoms with Crippen LogP contribution in [-0.2, 0) is 4.79 Å². The Bertz CT molecular complexity index is 203. The summed E-state index contributed by atoms with van der Waals surface area (Å²) in [7, 11) is 0. The molecule has 0 saturated heterocycles. The summed E-state index contributed by atoms with van der Waals surface area (Å²) in [5, 5.41) is 0. The first-order valence-electron chi connectivity index (χ1n) is 6.22. The summed E-state index contributed by atoms with van der Waals surface area (Å²) in [6.07, 6.45) is 11.2. The summed E-state index contributed by atoms with van der Waals surface area (Å²) in [6.45, 7) is 2.46. The van der Waals surface area contributed by atoms with Gasteiger partial charge in [0.2, 0.25) is 0 Å². The van der Waals surface area contributed by atoms with Gasteiger partial charge < -0.3 is 0 Å². The Morgan fingerprint density at radius 1 is 1.07 bits per heavy atom. The molecule has 0 spiro atoms. The second kappa shape index (κ2) is 4.04. The molecule has 0 aromatic heterocycles. The molecule has 0 N–H and O–H groups in total. The smallest absolute Gasteiger partial charge is 0.132 e. The van der Waals surface area contributed by atoms with Crippen molar-refractivity contribution in [2.24, 2.45) is 11.3 Å². The fraction of sp³-hybridized carbons (Fsp3) is 0.923. The van der Waals surface area contributed by atoms with Crippen molar-refractivity contribution in [1.82, 2.24) is 0 Å². The molecule has 0 aliphatic heterocycles. The summed E-state index contributed by atoms with van der Waals surface area (Å²) < 4.78 is 0. The van der Waals surface area contributed by atoms with Gasteiger partial charge in [-0.05, 0) is 37.0 Å². The molecule has 14 heavy (non-hydrogen) atoms. The van der Waals surface area contributed by atoms with E-state index in [-0.39, 0.29) is 0 Å². The highest BCUT2D eigenvalue weighted by atomic mass is 16.1. The van der Waals surface area contributed by atoms with Crippen LogP contribution < -0.4 is 0 Å². The fourth-order valence-electron chi connectivity index (χ4n) is 3.40. The number of ketones is 1. The highest BCUT2D eigenvalue weighted by Gasteiger charge is 2.36. The van der Waals surface area contributed by atoms with Gasteiger partial charge in [-0.1, -0.05) is 26.2 Å². The van der Waals surface area contributed by atoms with Crippen LogP contribution in [0.4, 0.5) is 0 Å². The number of hydrogen-bond donors (Lipinski definition) is 0. The minimum atomic E-state index is 0.501. The fourth-order valence-corrected chi connectivity index (χ4v) is 3.40. The summed E-state index contributed by atoms with van der Waals surface area (Å²) in [4.78, 5) is 11.2. The first kappa shape index (κ1) is 10.2. The van der Waals surface area contributed by atoms with Crippen LogP contribution in [0.3, 0.4) is 0 Å². The molecule has 2 fully saturated rings. The third kappa shape index (κ3) is 2.02. The Labute approximate surface area is 87.3 Å². The minimum Gasteiger partial charge on any atom is -0.300 e. The molecule has 0 amide bonds. The van der Waals surface area contributed by atoms with Crippen LogP contribution in [0.1, 0.15) is 64.7 Å². The van der Waals surface area contributed by atoms with Crippen molar-refractivity contribution >= 4 is 5.78 Å². The summed E-state index contributed by atoms with van der Waals surface area (Å²) in [6, 6.07) is 0. The van der Waals surface area contributed by atoms with Crippen molar-refractivity contribution < 1.29 is 4.79 Å². The van der Waals surface area contributed by atoms with E-state index in [9.17, 15) is 4.79 Å². The number of Topliss-reactive ketones (excluding diaryl/α,β-unsaturated/α-hetero) is 1. The van der Waals surface area contributed by atoms with E-state index in [0.717, 1.165) is 18.8 Å². The summed E-state index contributed by atoms with van der Waals surface area (Å²) >= 11 is 0. The van der Waals surface area contributed by atoms with E-state index in [1.54, 1.807) is 0 Å². The molecule has 0 aromatic carbocycles. The van der Waals surface area contributed by atoms with E-state index in [1.165, 1.54) is 44.9 Å². The van der Waals surface area contributed by atoms with Crippen molar-refractivity contribution in [3.63, 3.8) is 0 Å². The molecule has 1 heteroatoms. The Morgan fingerprint density at radius 2 is 1.64 bits per heavy atom. The van der Waals surface area contributed by atoms with Crippen LogP contribution in [0.25, 0.3) is 0 Å². The van der Waals surface area contributed by atoms with Gasteiger partial charge in [0, 0.05) is 12.8 Å². The first-order valence-corrected chi connectivity index (χ1v) is 6.22. The summed E-state index contributed by atoms with van der Waals surface area (Å²) in [5.74, 6) is 1.35. The standard InChI is InChI=1S/C13H22O/c1-13(9-3-2-4-10-13)11-5-7-12(14)8-6-11/h11H,2-10H2,1H3. The maximum absolute atomic E-state index is 11.2. The molecule has 0 bridgehead atoms. The zero-order chi connectivity index (χ0) is 10.0. The van der Waals surface area contributed by atoms with Gasteiger partial charge in [-0.3, -0.25) is 4.79 Å². The topological polar surface area (TPSA) is 17.1 Å². The first-order chi connectivity index (χ1) is 6.71. The van der Waals surface area contributed by atoms with Crippen molar-refractivity contribution in [3.8, 4) is 0 Å².